The van der Waals surface area contributed by atoms with Crippen LogP contribution in [0.1, 0.15) is 11.4 Å². The maximum Gasteiger partial charge on any atom is 0.177 e. The lowest BCUT2D eigenvalue weighted by atomic mass is 10.1. The molecule has 0 amide bonds. The summed E-state index contributed by atoms with van der Waals surface area (Å²) in [6.45, 7) is 0. The van der Waals surface area contributed by atoms with Crippen LogP contribution in [0.5, 0.6) is 5.75 Å². The summed E-state index contributed by atoms with van der Waals surface area (Å²) in [4.78, 5) is 1.12. The zero-order valence-electron chi connectivity index (χ0n) is 11.5. The second kappa shape index (κ2) is 5.23. The Morgan fingerprint density at radius 2 is 1.86 bits per heavy atom. The third-order valence-electron chi connectivity index (χ3n) is 3.40. The Labute approximate surface area is 130 Å². The number of aromatic nitrogens is 4. The first-order valence-corrected chi connectivity index (χ1v) is 7.71. The number of thiophene rings is 1. The van der Waals surface area contributed by atoms with Crippen molar-refractivity contribution in [2.75, 3.05) is 0 Å². The molecule has 0 unspecified atom stereocenters. The Balaban J connectivity index is 1.74. The minimum absolute atomic E-state index is 0.257. The summed E-state index contributed by atoms with van der Waals surface area (Å²) in [5, 5.41) is 24.4. The first kappa shape index (κ1) is 13.0. The van der Waals surface area contributed by atoms with Crippen molar-refractivity contribution < 1.29 is 5.11 Å². The van der Waals surface area contributed by atoms with Gasteiger partial charge in [0.05, 0.1) is 4.88 Å². The van der Waals surface area contributed by atoms with Crippen LogP contribution in [-0.2, 0) is 6.42 Å². The summed E-state index contributed by atoms with van der Waals surface area (Å²) in [6.07, 6.45) is 0.613. The smallest absolute Gasteiger partial charge is 0.177 e. The van der Waals surface area contributed by atoms with Crippen LogP contribution in [0.4, 0.5) is 0 Å². The van der Waals surface area contributed by atoms with E-state index >= 15 is 0 Å². The number of rotatable bonds is 3. The molecule has 3 aromatic heterocycles. The third-order valence-corrected chi connectivity index (χ3v) is 4.29. The second-order valence-electron chi connectivity index (χ2n) is 4.93. The number of benzene rings is 1. The largest absolute Gasteiger partial charge is 0.508 e. The van der Waals surface area contributed by atoms with E-state index in [-0.39, 0.29) is 5.75 Å². The molecule has 6 heteroatoms. The van der Waals surface area contributed by atoms with Gasteiger partial charge in [-0.05, 0) is 41.3 Å². The lowest BCUT2D eigenvalue weighted by Crippen LogP contribution is -2.01. The van der Waals surface area contributed by atoms with E-state index in [4.69, 9.17) is 0 Å². The molecule has 0 spiro atoms. The molecular weight excluding hydrogens is 296 g/mol. The van der Waals surface area contributed by atoms with Crippen molar-refractivity contribution in [3.8, 4) is 16.3 Å². The van der Waals surface area contributed by atoms with Gasteiger partial charge in [0, 0.05) is 6.42 Å². The van der Waals surface area contributed by atoms with Crippen molar-refractivity contribution >= 4 is 17.0 Å². The van der Waals surface area contributed by atoms with Crippen molar-refractivity contribution in [1.29, 1.82) is 0 Å². The predicted octanol–water partition coefficient (Wildman–Crippen LogP) is 3.15. The molecule has 0 aliphatic carbocycles. The van der Waals surface area contributed by atoms with Gasteiger partial charge in [-0.2, -0.15) is 9.61 Å². The van der Waals surface area contributed by atoms with Crippen molar-refractivity contribution in [2.24, 2.45) is 0 Å². The molecule has 0 saturated carbocycles. The van der Waals surface area contributed by atoms with Crippen LogP contribution >= 0.6 is 11.3 Å². The SMILES string of the molecule is Oc1ccc(Cc2nnc3ccc(-c4cccs4)nn23)cc1. The van der Waals surface area contributed by atoms with Crippen molar-refractivity contribution in [3.63, 3.8) is 0 Å². The molecule has 0 atom stereocenters. The molecule has 108 valence electrons. The van der Waals surface area contributed by atoms with Crippen LogP contribution in [0.25, 0.3) is 16.2 Å². The van der Waals surface area contributed by atoms with Gasteiger partial charge < -0.3 is 5.11 Å². The fourth-order valence-corrected chi connectivity index (χ4v) is 2.99. The number of phenolic OH excluding ortho intramolecular Hbond substituents is 1. The van der Waals surface area contributed by atoms with Crippen molar-refractivity contribution in [1.82, 2.24) is 19.8 Å². The molecule has 3 heterocycles. The Morgan fingerprint density at radius 3 is 2.64 bits per heavy atom. The summed E-state index contributed by atoms with van der Waals surface area (Å²) < 4.78 is 1.78. The third kappa shape index (κ3) is 2.33. The minimum atomic E-state index is 0.257. The molecule has 4 aromatic rings. The van der Waals surface area contributed by atoms with Crippen LogP contribution in [0.15, 0.2) is 53.9 Å². The van der Waals surface area contributed by atoms with Crippen LogP contribution in [0.3, 0.4) is 0 Å². The molecule has 4 rings (SSSR count). The van der Waals surface area contributed by atoms with Gasteiger partial charge in [-0.15, -0.1) is 21.5 Å². The van der Waals surface area contributed by atoms with Gasteiger partial charge in [0.25, 0.3) is 0 Å². The highest BCUT2D eigenvalue weighted by atomic mass is 32.1. The molecule has 0 radical (unpaired) electrons. The average molecular weight is 308 g/mol. The van der Waals surface area contributed by atoms with Crippen molar-refractivity contribution in [3.05, 3.63) is 65.3 Å². The van der Waals surface area contributed by atoms with Gasteiger partial charge in [-0.25, -0.2) is 0 Å². The zero-order valence-corrected chi connectivity index (χ0v) is 12.4. The number of hydrogen-bond acceptors (Lipinski definition) is 5. The molecule has 0 fully saturated rings. The van der Waals surface area contributed by atoms with Crippen molar-refractivity contribution in [2.45, 2.75) is 6.42 Å². The molecular formula is C16H12N4OS. The molecule has 0 aliphatic heterocycles. The maximum absolute atomic E-state index is 9.35. The highest BCUT2D eigenvalue weighted by Gasteiger charge is 2.10. The Morgan fingerprint density at radius 1 is 1.00 bits per heavy atom. The highest BCUT2D eigenvalue weighted by molar-refractivity contribution is 7.13. The number of nitrogens with zero attached hydrogens (tertiary/aromatic N) is 4. The molecule has 0 saturated heterocycles. The number of hydrogen-bond donors (Lipinski definition) is 1. The number of fused-ring (bicyclic) bond motifs is 1. The molecule has 1 N–H and O–H groups in total. The van der Waals surface area contributed by atoms with Gasteiger partial charge in [0.2, 0.25) is 0 Å². The summed E-state index contributed by atoms with van der Waals surface area (Å²) in [5.74, 6) is 1.03. The second-order valence-corrected chi connectivity index (χ2v) is 5.87. The highest BCUT2D eigenvalue weighted by Crippen LogP contribution is 2.23. The summed E-state index contributed by atoms with van der Waals surface area (Å²) in [7, 11) is 0. The first-order valence-electron chi connectivity index (χ1n) is 6.83. The molecule has 0 aliphatic rings. The fraction of sp³-hybridized carbons (Fsp3) is 0.0625. The quantitative estimate of drug-likeness (QED) is 0.631. The molecule has 0 bridgehead atoms. The average Bonchev–Trinajstić information content (AvgIpc) is 3.19. The van der Waals surface area contributed by atoms with Gasteiger partial charge in [0.1, 0.15) is 11.4 Å². The monoisotopic (exact) mass is 308 g/mol. The lowest BCUT2D eigenvalue weighted by molar-refractivity contribution is 0.475. The first-order chi connectivity index (χ1) is 10.8. The summed E-state index contributed by atoms with van der Waals surface area (Å²) >= 11 is 1.65. The van der Waals surface area contributed by atoms with Gasteiger partial charge in [0.15, 0.2) is 11.5 Å². The molecule has 5 nitrogen and oxygen atoms in total. The van der Waals surface area contributed by atoms with E-state index < -0.39 is 0 Å². The van der Waals surface area contributed by atoms with Crippen LogP contribution < -0.4 is 0 Å². The number of aromatic hydroxyl groups is 1. The van der Waals surface area contributed by atoms with E-state index in [2.05, 4.69) is 15.3 Å². The van der Waals surface area contributed by atoms with E-state index in [1.54, 1.807) is 28.0 Å². The van der Waals surface area contributed by atoms with Crippen LogP contribution in [0, 0.1) is 0 Å². The van der Waals surface area contributed by atoms with E-state index in [0.29, 0.717) is 6.42 Å². The standard InChI is InChI=1S/C16H12N4OS/c21-12-5-3-11(4-6-12)10-16-18-17-15-8-7-13(19-20(15)16)14-2-1-9-22-14/h1-9,21H,10H2. The van der Waals surface area contributed by atoms with E-state index in [1.165, 1.54) is 0 Å². The topological polar surface area (TPSA) is 63.3 Å². The lowest BCUT2D eigenvalue weighted by Gasteiger charge is -2.02. The predicted molar refractivity (Wildman–Crippen MR) is 85.0 cm³/mol. The zero-order chi connectivity index (χ0) is 14.9. The van der Waals surface area contributed by atoms with Gasteiger partial charge in [-0.3, -0.25) is 0 Å². The van der Waals surface area contributed by atoms with E-state index in [0.717, 1.165) is 27.6 Å². The number of phenols is 1. The normalized spacial score (nSPS) is 11.1. The Hall–Kier alpha value is -2.73. The van der Waals surface area contributed by atoms with E-state index in [9.17, 15) is 5.11 Å². The van der Waals surface area contributed by atoms with Crippen LogP contribution in [-0.4, -0.2) is 24.9 Å². The van der Waals surface area contributed by atoms with Crippen LogP contribution in [0.2, 0.25) is 0 Å². The minimum Gasteiger partial charge on any atom is -0.508 e. The molecule has 1 aromatic carbocycles. The van der Waals surface area contributed by atoms with Gasteiger partial charge in [-0.1, -0.05) is 18.2 Å². The fourth-order valence-electron chi connectivity index (χ4n) is 2.30. The van der Waals surface area contributed by atoms with Gasteiger partial charge >= 0.3 is 0 Å². The Kier molecular flexibility index (Phi) is 3.08. The Bertz CT molecular complexity index is 913. The summed E-state index contributed by atoms with van der Waals surface area (Å²) in [6, 6.07) is 15.0. The maximum atomic E-state index is 9.35. The summed E-state index contributed by atoms with van der Waals surface area (Å²) in [5.41, 5.74) is 2.69. The van der Waals surface area contributed by atoms with E-state index in [1.807, 2.05) is 41.8 Å². The molecule has 22 heavy (non-hydrogen) atoms.